The SMILES string of the molecule is CN(C)CC1COC2(COCCN(C(=O)N3CCCC3)C2)C1.O=C(O)C(F)(F)F. The van der Waals surface area contributed by atoms with E-state index in [1.807, 2.05) is 9.80 Å². The fourth-order valence-corrected chi connectivity index (χ4v) is 3.96. The van der Waals surface area contributed by atoms with E-state index in [0.29, 0.717) is 32.2 Å². The number of nitrogens with zero attached hydrogens (tertiary/aromatic N) is 3. The van der Waals surface area contributed by atoms with Gasteiger partial charge in [-0.3, -0.25) is 0 Å². The minimum absolute atomic E-state index is 0.169. The number of alkyl halides is 3. The highest BCUT2D eigenvalue weighted by Gasteiger charge is 2.44. The molecule has 0 aromatic heterocycles. The lowest BCUT2D eigenvalue weighted by molar-refractivity contribution is -0.192. The number of ether oxygens (including phenoxy) is 2. The van der Waals surface area contributed by atoms with Crippen molar-refractivity contribution in [3.05, 3.63) is 0 Å². The van der Waals surface area contributed by atoms with Gasteiger partial charge in [-0.2, -0.15) is 13.2 Å². The third-order valence-corrected chi connectivity index (χ3v) is 5.15. The number of carboxylic acids is 1. The van der Waals surface area contributed by atoms with Crippen LogP contribution in [-0.2, 0) is 14.3 Å². The Morgan fingerprint density at radius 1 is 1.17 bits per heavy atom. The molecule has 29 heavy (non-hydrogen) atoms. The molecule has 0 aromatic carbocycles. The Morgan fingerprint density at radius 2 is 1.79 bits per heavy atom. The van der Waals surface area contributed by atoms with Crippen LogP contribution in [0.3, 0.4) is 0 Å². The summed E-state index contributed by atoms with van der Waals surface area (Å²) in [7, 11) is 4.19. The molecule has 0 aromatic rings. The van der Waals surface area contributed by atoms with E-state index in [9.17, 15) is 18.0 Å². The second kappa shape index (κ2) is 9.94. The van der Waals surface area contributed by atoms with Crippen LogP contribution in [0, 0.1) is 5.92 Å². The maximum atomic E-state index is 12.7. The fraction of sp³-hybridized carbons (Fsp3) is 0.889. The summed E-state index contributed by atoms with van der Waals surface area (Å²) in [6, 6.07) is 0.169. The average molecular weight is 425 g/mol. The molecular weight excluding hydrogens is 395 g/mol. The highest BCUT2D eigenvalue weighted by Crippen LogP contribution is 2.33. The van der Waals surface area contributed by atoms with Crippen LogP contribution in [0.25, 0.3) is 0 Å². The summed E-state index contributed by atoms with van der Waals surface area (Å²) in [6.45, 7) is 6.17. The van der Waals surface area contributed by atoms with Crippen molar-refractivity contribution in [2.24, 2.45) is 5.92 Å². The molecule has 3 rings (SSSR count). The molecule has 0 bridgehead atoms. The number of hydrogen-bond donors (Lipinski definition) is 1. The van der Waals surface area contributed by atoms with Gasteiger partial charge >= 0.3 is 18.2 Å². The molecule has 0 radical (unpaired) electrons. The van der Waals surface area contributed by atoms with Crippen molar-refractivity contribution in [3.8, 4) is 0 Å². The zero-order valence-electron chi connectivity index (χ0n) is 16.9. The molecule has 1 spiro atoms. The third kappa shape index (κ3) is 7.00. The molecule has 3 aliphatic heterocycles. The Kier molecular flexibility index (Phi) is 8.12. The van der Waals surface area contributed by atoms with E-state index in [4.69, 9.17) is 19.4 Å². The topological polar surface area (TPSA) is 82.6 Å². The van der Waals surface area contributed by atoms with Gasteiger partial charge in [0.25, 0.3) is 0 Å². The standard InChI is InChI=1S/C16H29N3O3.C2HF3O2/c1-17(2)10-14-9-16(22-11-14)12-19(7-8-21-13-16)15(20)18-5-3-4-6-18;3-2(4,5)1(6)7/h14H,3-13H2,1-2H3;(H,6,7). The number of carbonyl (C=O) groups is 2. The van der Waals surface area contributed by atoms with Crippen LogP contribution >= 0.6 is 0 Å². The first-order chi connectivity index (χ1) is 13.5. The highest BCUT2D eigenvalue weighted by atomic mass is 19.4. The van der Waals surface area contributed by atoms with Gasteiger partial charge in [0.15, 0.2) is 0 Å². The number of urea groups is 1. The molecule has 2 atom stereocenters. The predicted octanol–water partition coefficient (Wildman–Crippen LogP) is 1.50. The molecule has 3 aliphatic rings. The number of carbonyl (C=O) groups excluding carboxylic acids is 1. The van der Waals surface area contributed by atoms with Crippen molar-refractivity contribution >= 4 is 12.0 Å². The number of aliphatic carboxylic acids is 1. The quantitative estimate of drug-likeness (QED) is 0.722. The number of carboxylic acid groups (broad SMARTS) is 1. The molecule has 3 saturated heterocycles. The molecule has 3 heterocycles. The number of likely N-dealkylation sites (tertiary alicyclic amines) is 1. The van der Waals surface area contributed by atoms with E-state index < -0.39 is 12.1 Å². The van der Waals surface area contributed by atoms with Gasteiger partial charge in [-0.1, -0.05) is 0 Å². The van der Waals surface area contributed by atoms with E-state index >= 15 is 0 Å². The van der Waals surface area contributed by atoms with Gasteiger partial charge in [0.05, 0.1) is 26.4 Å². The molecule has 168 valence electrons. The lowest BCUT2D eigenvalue weighted by Crippen LogP contribution is -2.50. The first kappa shape index (κ1) is 23.7. The summed E-state index contributed by atoms with van der Waals surface area (Å²) in [6.07, 6.45) is -1.85. The Labute approximate surface area is 168 Å². The van der Waals surface area contributed by atoms with Crippen molar-refractivity contribution in [2.75, 3.05) is 66.6 Å². The van der Waals surface area contributed by atoms with E-state index in [1.165, 1.54) is 0 Å². The summed E-state index contributed by atoms with van der Waals surface area (Å²) in [5.41, 5.74) is -0.299. The minimum atomic E-state index is -5.08. The molecule has 0 saturated carbocycles. The Balaban J connectivity index is 0.000000370. The summed E-state index contributed by atoms with van der Waals surface area (Å²) < 4.78 is 43.7. The zero-order chi connectivity index (χ0) is 21.7. The van der Waals surface area contributed by atoms with Gasteiger partial charge in [0.2, 0.25) is 0 Å². The first-order valence-corrected chi connectivity index (χ1v) is 9.73. The Hall–Kier alpha value is -1.59. The van der Waals surface area contributed by atoms with Crippen LogP contribution < -0.4 is 0 Å². The van der Waals surface area contributed by atoms with Crippen LogP contribution in [0.1, 0.15) is 19.3 Å². The Morgan fingerprint density at radius 3 is 2.34 bits per heavy atom. The molecule has 0 aliphatic carbocycles. The molecule has 2 amide bonds. The molecule has 11 heteroatoms. The lowest BCUT2D eigenvalue weighted by Gasteiger charge is -2.33. The van der Waals surface area contributed by atoms with Crippen molar-refractivity contribution in [1.82, 2.24) is 14.7 Å². The van der Waals surface area contributed by atoms with Crippen LogP contribution in [0.2, 0.25) is 0 Å². The van der Waals surface area contributed by atoms with Crippen molar-refractivity contribution in [2.45, 2.75) is 31.0 Å². The molecule has 3 fully saturated rings. The molecular formula is C18H30F3N3O5. The van der Waals surface area contributed by atoms with E-state index in [1.54, 1.807) is 0 Å². The smallest absolute Gasteiger partial charge is 0.475 e. The van der Waals surface area contributed by atoms with Crippen molar-refractivity contribution in [3.63, 3.8) is 0 Å². The van der Waals surface area contributed by atoms with Crippen LogP contribution in [-0.4, -0.2) is 110 Å². The second-order valence-electron chi connectivity index (χ2n) is 8.08. The summed E-state index contributed by atoms with van der Waals surface area (Å²) in [5, 5.41) is 7.12. The van der Waals surface area contributed by atoms with Crippen LogP contribution in [0.5, 0.6) is 0 Å². The third-order valence-electron chi connectivity index (χ3n) is 5.15. The van der Waals surface area contributed by atoms with Gasteiger partial charge in [-0.25, -0.2) is 9.59 Å². The monoisotopic (exact) mass is 425 g/mol. The lowest BCUT2D eigenvalue weighted by atomic mass is 9.94. The average Bonchev–Trinajstić information content (AvgIpc) is 3.22. The predicted molar refractivity (Wildman–Crippen MR) is 97.6 cm³/mol. The maximum absolute atomic E-state index is 12.7. The van der Waals surface area contributed by atoms with E-state index in [-0.39, 0.29) is 11.6 Å². The van der Waals surface area contributed by atoms with E-state index in [0.717, 1.165) is 45.5 Å². The van der Waals surface area contributed by atoms with Gasteiger partial charge < -0.3 is 29.3 Å². The normalized spacial score (nSPS) is 27.7. The highest BCUT2D eigenvalue weighted by molar-refractivity contribution is 5.75. The molecule has 2 unspecified atom stereocenters. The van der Waals surface area contributed by atoms with Gasteiger partial charge in [-0.05, 0) is 39.3 Å². The summed E-state index contributed by atoms with van der Waals surface area (Å²) in [4.78, 5) is 27.7. The number of halogens is 3. The van der Waals surface area contributed by atoms with Gasteiger partial charge in [-0.15, -0.1) is 0 Å². The Bertz CT molecular complexity index is 569. The van der Waals surface area contributed by atoms with Crippen molar-refractivity contribution in [1.29, 1.82) is 0 Å². The largest absolute Gasteiger partial charge is 0.490 e. The number of amides is 2. The fourth-order valence-electron chi connectivity index (χ4n) is 3.96. The number of rotatable bonds is 2. The van der Waals surface area contributed by atoms with Crippen LogP contribution in [0.4, 0.5) is 18.0 Å². The van der Waals surface area contributed by atoms with Crippen molar-refractivity contribution < 1.29 is 37.3 Å². The molecule has 8 nitrogen and oxygen atoms in total. The van der Waals surface area contributed by atoms with E-state index in [2.05, 4.69) is 19.0 Å². The van der Waals surface area contributed by atoms with Gasteiger partial charge in [0, 0.05) is 26.2 Å². The van der Waals surface area contributed by atoms with Gasteiger partial charge in [0.1, 0.15) is 5.60 Å². The second-order valence-corrected chi connectivity index (χ2v) is 8.08. The minimum Gasteiger partial charge on any atom is -0.475 e. The first-order valence-electron chi connectivity index (χ1n) is 9.73. The summed E-state index contributed by atoms with van der Waals surface area (Å²) in [5.74, 6) is -2.23. The maximum Gasteiger partial charge on any atom is 0.490 e. The van der Waals surface area contributed by atoms with Crippen LogP contribution in [0.15, 0.2) is 0 Å². The summed E-state index contributed by atoms with van der Waals surface area (Å²) >= 11 is 0. The molecule has 1 N–H and O–H groups in total. The zero-order valence-corrected chi connectivity index (χ0v) is 16.9. The number of hydrogen-bond acceptors (Lipinski definition) is 5.